The molecule has 0 atom stereocenters. The zero-order valence-electron chi connectivity index (χ0n) is 13.0. The fourth-order valence-corrected chi connectivity index (χ4v) is 2.55. The first-order valence-electron chi connectivity index (χ1n) is 7.28. The van der Waals surface area contributed by atoms with Crippen molar-refractivity contribution in [1.82, 2.24) is 0 Å². The first kappa shape index (κ1) is 15.4. The lowest BCUT2D eigenvalue weighted by molar-refractivity contribution is 0.171. The molecular weight excluding hydrogens is 312 g/mol. The van der Waals surface area contributed by atoms with Crippen molar-refractivity contribution in [3.05, 3.63) is 42.0 Å². The molecule has 0 saturated carbocycles. The Kier molecular flexibility index (Phi) is 4.52. The van der Waals surface area contributed by atoms with Crippen molar-refractivity contribution in [2.45, 2.75) is 6.92 Å². The molecule has 0 bridgehead atoms. The molecule has 1 heterocycles. The van der Waals surface area contributed by atoms with Crippen LogP contribution < -0.4 is 24.8 Å². The molecule has 6 heteroatoms. The van der Waals surface area contributed by atoms with Crippen LogP contribution in [0.5, 0.6) is 17.2 Å². The quantitative estimate of drug-likeness (QED) is 0.839. The Morgan fingerprint density at radius 2 is 1.83 bits per heavy atom. The van der Waals surface area contributed by atoms with E-state index >= 15 is 0 Å². The maximum atomic E-state index is 5.57. The van der Waals surface area contributed by atoms with Crippen molar-refractivity contribution in [1.29, 1.82) is 0 Å². The second-order valence-corrected chi connectivity index (χ2v) is 5.55. The Labute approximate surface area is 140 Å². The van der Waals surface area contributed by atoms with E-state index in [4.69, 9.17) is 26.4 Å². The number of hydrogen-bond acceptors (Lipinski definition) is 4. The first-order valence-corrected chi connectivity index (χ1v) is 7.69. The molecule has 3 rings (SSSR count). The van der Waals surface area contributed by atoms with Crippen LogP contribution in [0.3, 0.4) is 0 Å². The van der Waals surface area contributed by atoms with E-state index in [2.05, 4.69) is 10.6 Å². The summed E-state index contributed by atoms with van der Waals surface area (Å²) < 4.78 is 16.4. The fraction of sp³-hybridized carbons (Fsp3) is 0.235. The van der Waals surface area contributed by atoms with E-state index in [1.165, 1.54) is 0 Å². The molecule has 0 amide bonds. The molecule has 0 aliphatic carbocycles. The smallest absolute Gasteiger partial charge is 0.175 e. The minimum Gasteiger partial charge on any atom is -0.495 e. The van der Waals surface area contributed by atoms with Gasteiger partial charge in [0.1, 0.15) is 19.0 Å². The molecule has 0 unspecified atom stereocenters. The predicted molar refractivity (Wildman–Crippen MR) is 95.0 cm³/mol. The second kappa shape index (κ2) is 6.75. The Hall–Kier alpha value is -2.47. The molecular formula is C17H18N2O3S. The van der Waals surface area contributed by atoms with E-state index in [9.17, 15) is 0 Å². The highest BCUT2D eigenvalue weighted by Gasteiger charge is 2.12. The van der Waals surface area contributed by atoms with Crippen LogP contribution in [0, 0.1) is 6.92 Å². The van der Waals surface area contributed by atoms with E-state index < -0.39 is 0 Å². The van der Waals surface area contributed by atoms with Gasteiger partial charge in [-0.05, 0) is 49.0 Å². The van der Waals surface area contributed by atoms with Crippen LogP contribution in [0.4, 0.5) is 11.4 Å². The maximum Gasteiger partial charge on any atom is 0.175 e. The van der Waals surface area contributed by atoms with Gasteiger partial charge in [-0.1, -0.05) is 6.07 Å². The number of rotatable bonds is 3. The predicted octanol–water partition coefficient (Wildman–Crippen LogP) is 3.58. The monoisotopic (exact) mass is 330 g/mol. The number of hydrogen-bond donors (Lipinski definition) is 2. The van der Waals surface area contributed by atoms with Crippen molar-refractivity contribution in [2.75, 3.05) is 31.0 Å². The van der Waals surface area contributed by atoms with Crippen molar-refractivity contribution < 1.29 is 14.2 Å². The van der Waals surface area contributed by atoms with Gasteiger partial charge in [0.2, 0.25) is 0 Å². The van der Waals surface area contributed by atoms with Crippen LogP contribution in [0.15, 0.2) is 36.4 Å². The number of benzene rings is 2. The molecule has 0 spiro atoms. The lowest BCUT2D eigenvalue weighted by atomic mass is 10.2. The van der Waals surface area contributed by atoms with Crippen molar-refractivity contribution >= 4 is 28.7 Å². The second-order valence-electron chi connectivity index (χ2n) is 5.14. The number of thiocarbonyl (C=S) groups is 1. The highest BCUT2D eigenvalue weighted by Crippen LogP contribution is 2.32. The molecule has 23 heavy (non-hydrogen) atoms. The molecule has 1 aliphatic heterocycles. The summed E-state index contributed by atoms with van der Waals surface area (Å²) in [6, 6.07) is 11.5. The van der Waals surface area contributed by atoms with E-state index in [0.29, 0.717) is 18.3 Å². The highest BCUT2D eigenvalue weighted by molar-refractivity contribution is 7.80. The zero-order chi connectivity index (χ0) is 16.2. The average molecular weight is 330 g/mol. The topological polar surface area (TPSA) is 51.8 Å². The molecule has 0 saturated heterocycles. The maximum absolute atomic E-state index is 5.57. The molecule has 0 fully saturated rings. The third-order valence-electron chi connectivity index (χ3n) is 3.40. The third-order valence-corrected chi connectivity index (χ3v) is 3.61. The van der Waals surface area contributed by atoms with Gasteiger partial charge >= 0.3 is 0 Å². The minimum atomic E-state index is 0.477. The van der Waals surface area contributed by atoms with E-state index in [0.717, 1.165) is 34.2 Å². The van der Waals surface area contributed by atoms with Crippen LogP contribution in [-0.2, 0) is 0 Å². The van der Waals surface area contributed by atoms with Crippen LogP contribution in [0.2, 0.25) is 0 Å². The summed E-state index contributed by atoms with van der Waals surface area (Å²) in [4.78, 5) is 0. The third kappa shape index (κ3) is 3.65. The van der Waals surface area contributed by atoms with Gasteiger partial charge < -0.3 is 24.8 Å². The number of aryl methyl sites for hydroxylation is 1. The summed E-state index contributed by atoms with van der Waals surface area (Å²) in [5, 5.41) is 6.77. The molecule has 2 N–H and O–H groups in total. The fourth-order valence-electron chi connectivity index (χ4n) is 2.33. The highest BCUT2D eigenvalue weighted by atomic mass is 32.1. The van der Waals surface area contributed by atoms with Gasteiger partial charge in [-0.25, -0.2) is 0 Å². The normalized spacial score (nSPS) is 12.4. The molecule has 0 radical (unpaired) electrons. The largest absolute Gasteiger partial charge is 0.495 e. The Morgan fingerprint density at radius 1 is 1.04 bits per heavy atom. The summed E-state index contributed by atoms with van der Waals surface area (Å²) in [6.45, 7) is 3.15. The molecule has 2 aromatic rings. The lowest BCUT2D eigenvalue weighted by Crippen LogP contribution is -2.20. The number of ether oxygens (including phenoxy) is 3. The summed E-state index contributed by atoms with van der Waals surface area (Å²) in [5.41, 5.74) is 2.77. The summed E-state index contributed by atoms with van der Waals surface area (Å²) in [5.74, 6) is 2.21. The van der Waals surface area contributed by atoms with Gasteiger partial charge in [0.05, 0.1) is 12.8 Å². The Balaban J connectivity index is 1.71. The van der Waals surface area contributed by atoms with Crippen LogP contribution in [0.25, 0.3) is 0 Å². The van der Waals surface area contributed by atoms with Gasteiger partial charge in [0.25, 0.3) is 0 Å². The summed E-state index contributed by atoms with van der Waals surface area (Å²) >= 11 is 5.37. The number of methoxy groups -OCH3 is 1. The van der Waals surface area contributed by atoms with Crippen molar-refractivity contribution in [2.24, 2.45) is 0 Å². The lowest BCUT2D eigenvalue weighted by Gasteiger charge is -2.19. The van der Waals surface area contributed by atoms with E-state index in [-0.39, 0.29) is 0 Å². The Bertz CT molecular complexity index is 734. The van der Waals surface area contributed by atoms with Gasteiger partial charge in [0.15, 0.2) is 16.6 Å². The average Bonchev–Trinajstić information content (AvgIpc) is 2.55. The summed E-state index contributed by atoms with van der Waals surface area (Å²) in [7, 11) is 1.63. The van der Waals surface area contributed by atoms with Gasteiger partial charge in [-0.3, -0.25) is 0 Å². The van der Waals surface area contributed by atoms with Gasteiger partial charge in [-0.2, -0.15) is 0 Å². The standard InChI is InChI=1S/C17H18N2O3S/c1-11-3-5-14(20-2)13(9-11)19-17(23)18-12-4-6-15-16(10-12)22-8-7-21-15/h3-6,9-10H,7-8H2,1-2H3,(H2,18,19,23). The van der Waals surface area contributed by atoms with Crippen molar-refractivity contribution in [3.8, 4) is 17.2 Å². The SMILES string of the molecule is COc1ccc(C)cc1NC(=S)Nc1ccc2c(c1)OCCO2. The van der Waals surface area contributed by atoms with Gasteiger partial charge in [0, 0.05) is 11.8 Å². The van der Waals surface area contributed by atoms with Gasteiger partial charge in [-0.15, -0.1) is 0 Å². The molecule has 1 aliphatic rings. The van der Waals surface area contributed by atoms with Crippen molar-refractivity contribution in [3.63, 3.8) is 0 Å². The summed E-state index contributed by atoms with van der Waals surface area (Å²) in [6.07, 6.45) is 0. The molecule has 120 valence electrons. The minimum absolute atomic E-state index is 0.477. The number of fused-ring (bicyclic) bond motifs is 1. The molecule has 5 nitrogen and oxygen atoms in total. The number of nitrogens with one attached hydrogen (secondary N) is 2. The first-order chi connectivity index (χ1) is 11.2. The van der Waals surface area contributed by atoms with Crippen LogP contribution >= 0.6 is 12.2 Å². The zero-order valence-corrected chi connectivity index (χ0v) is 13.8. The van der Waals surface area contributed by atoms with Crippen LogP contribution in [-0.4, -0.2) is 25.4 Å². The van der Waals surface area contributed by atoms with E-state index in [1.807, 2.05) is 43.3 Å². The van der Waals surface area contributed by atoms with E-state index in [1.54, 1.807) is 7.11 Å². The Morgan fingerprint density at radius 3 is 2.61 bits per heavy atom. The molecule has 0 aromatic heterocycles. The van der Waals surface area contributed by atoms with Crippen LogP contribution in [0.1, 0.15) is 5.56 Å². The molecule has 2 aromatic carbocycles. The number of anilines is 2.